The Labute approximate surface area is 83.0 Å². The maximum atomic E-state index is 12.9. The Kier molecular flexibility index (Phi) is 2.84. The molecule has 0 aromatic heterocycles. The van der Waals surface area contributed by atoms with Gasteiger partial charge in [-0.3, -0.25) is 10.1 Å². The number of carbonyl (C=O) groups is 1. The minimum absolute atomic E-state index is 0.334. The summed E-state index contributed by atoms with van der Waals surface area (Å²) in [6, 6.07) is 1.40. The highest BCUT2D eigenvalue weighted by Gasteiger charge is 2.22. The largest absolute Gasteiger partial charge is 0.500 e. The number of hydrogen-bond donors (Lipinski definition) is 1. The predicted molar refractivity (Wildman–Crippen MR) is 46.1 cm³/mol. The number of ether oxygens (including phenoxy) is 1. The Morgan fingerprint density at radius 1 is 1.60 bits per heavy atom. The molecule has 1 aromatic carbocycles. The van der Waals surface area contributed by atoms with Crippen LogP contribution >= 0.6 is 0 Å². The number of aromatic hydroxyl groups is 1. The first-order valence-corrected chi connectivity index (χ1v) is 3.72. The van der Waals surface area contributed by atoms with Gasteiger partial charge in [0.05, 0.1) is 17.6 Å². The molecule has 6 nitrogen and oxygen atoms in total. The number of carbonyl (C=O) groups excluding carboxylic acids is 1. The summed E-state index contributed by atoms with van der Waals surface area (Å²) in [5, 5.41) is 19.3. The van der Waals surface area contributed by atoms with E-state index in [4.69, 9.17) is 5.11 Å². The molecule has 1 rings (SSSR count). The molecule has 0 amide bonds. The Morgan fingerprint density at radius 3 is 2.67 bits per heavy atom. The smallest absolute Gasteiger partial charge is 0.338 e. The first-order valence-electron chi connectivity index (χ1n) is 3.72. The van der Waals surface area contributed by atoms with Gasteiger partial charge in [0.15, 0.2) is 5.82 Å². The minimum Gasteiger partial charge on any atom is -0.500 e. The second-order valence-electron chi connectivity index (χ2n) is 2.57. The standard InChI is InChI=1S/C8H6FNO5/c1-15-8(12)4-2-5(9)7(11)6(3-4)10(13)14/h2-3,11H,1H3. The maximum Gasteiger partial charge on any atom is 0.338 e. The number of esters is 1. The lowest BCUT2D eigenvalue weighted by Gasteiger charge is -2.01. The zero-order valence-corrected chi connectivity index (χ0v) is 7.56. The highest BCUT2D eigenvalue weighted by Crippen LogP contribution is 2.30. The van der Waals surface area contributed by atoms with Crippen molar-refractivity contribution in [1.29, 1.82) is 0 Å². The van der Waals surface area contributed by atoms with Gasteiger partial charge < -0.3 is 9.84 Å². The molecule has 1 N–H and O–H groups in total. The van der Waals surface area contributed by atoms with Crippen LogP contribution in [0.2, 0.25) is 0 Å². The van der Waals surface area contributed by atoms with Crippen molar-refractivity contribution in [2.45, 2.75) is 0 Å². The fraction of sp³-hybridized carbons (Fsp3) is 0.125. The van der Waals surface area contributed by atoms with E-state index >= 15 is 0 Å². The number of nitrogens with zero attached hydrogens (tertiary/aromatic N) is 1. The van der Waals surface area contributed by atoms with Gasteiger partial charge in [0.1, 0.15) is 0 Å². The second-order valence-corrected chi connectivity index (χ2v) is 2.57. The number of phenolic OH excluding ortho intramolecular Hbond substituents is 1. The molecule has 0 saturated heterocycles. The molecule has 0 aliphatic rings. The number of benzene rings is 1. The second kappa shape index (κ2) is 3.91. The third-order valence-electron chi connectivity index (χ3n) is 1.66. The van der Waals surface area contributed by atoms with Crippen LogP contribution in [0.5, 0.6) is 5.75 Å². The van der Waals surface area contributed by atoms with Crippen LogP contribution < -0.4 is 0 Å². The Bertz CT molecular complexity index is 431. The molecule has 0 bridgehead atoms. The van der Waals surface area contributed by atoms with Gasteiger partial charge in [-0.15, -0.1) is 0 Å². The zero-order valence-electron chi connectivity index (χ0n) is 7.56. The van der Waals surface area contributed by atoms with Crippen LogP contribution in [0.1, 0.15) is 10.4 Å². The molecule has 0 aliphatic heterocycles. The van der Waals surface area contributed by atoms with Crippen LogP contribution in [0.15, 0.2) is 12.1 Å². The molecule has 0 aliphatic carbocycles. The lowest BCUT2D eigenvalue weighted by atomic mass is 10.2. The van der Waals surface area contributed by atoms with E-state index in [-0.39, 0.29) is 5.56 Å². The lowest BCUT2D eigenvalue weighted by Crippen LogP contribution is -2.03. The number of nitro groups is 1. The van der Waals surface area contributed by atoms with Crippen LogP contribution in [-0.4, -0.2) is 23.1 Å². The van der Waals surface area contributed by atoms with Gasteiger partial charge in [-0.2, -0.15) is 0 Å². The molecule has 7 heteroatoms. The summed E-state index contributed by atoms with van der Waals surface area (Å²) in [6.45, 7) is 0. The molecule has 0 fully saturated rings. The van der Waals surface area contributed by atoms with Crippen molar-refractivity contribution in [2.24, 2.45) is 0 Å². The van der Waals surface area contributed by atoms with Crippen molar-refractivity contribution in [1.82, 2.24) is 0 Å². The zero-order chi connectivity index (χ0) is 11.6. The topological polar surface area (TPSA) is 89.7 Å². The van der Waals surface area contributed by atoms with Crippen LogP contribution in [-0.2, 0) is 4.74 Å². The number of phenols is 1. The molecule has 1 aromatic rings. The molecule has 15 heavy (non-hydrogen) atoms. The van der Waals surface area contributed by atoms with Crippen LogP contribution in [0.25, 0.3) is 0 Å². The fourth-order valence-electron chi connectivity index (χ4n) is 0.959. The van der Waals surface area contributed by atoms with Gasteiger partial charge in [-0.05, 0) is 6.07 Å². The first-order chi connectivity index (χ1) is 6.97. The van der Waals surface area contributed by atoms with Crippen molar-refractivity contribution in [2.75, 3.05) is 7.11 Å². The van der Waals surface area contributed by atoms with E-state index in [0.29, 0.717) is 6.07 Å². The average molecular weight is 215 g/mol. The van der Waals surface area contributed by atoms with E-state index in [1.54, 1.807) is 0 Å². The molecule has 0 heterocycles. The van der Waals surface area contributed by atoms with Crippen LogP contribution in [0.4, 0.5) is 10.1 Å². The van der Waals surface area contributed by atoms with Gasteiger partial charge >= 0.3 is 11.7 Å². The van der Waals surface area contributed by atoms with Gasteiger partial charge in [0, 0.05) is 6.07 Å². The van der Waals surface area contributed by atoms with Gasteiger partial charge in [-0.25, -0.2) is 9.18 Å². The van der Waals surface area contributed by atoms with Crippen molar-refractivity contribution in [3.8, 4) is 5.75 Å². The first kappa shape index (κ1) is 10.9. The lowest BCUT2D eigenvalue weighted by molar-refractivity contribution is -0.386. The van der Waals surface area contributed by atoms with Crippen molar-refractivity contribution < 1.29 is 24.0 Å². The Hall–Kier alpha value is -2.18. The summed E-state index contributed by atoms with van der Waals surface area (Å²) in [4.78, 5) is 20.3. The third kappa shape index (κ3) is 2.01. The molecule has 0 spiro atoms. The summed E-state index contributed by atoms with van der Waals surface area (Å²) in [5.41, 5.74) is -1.21. The summed E-state index contributed by atoms with van der Waals surface area (Å²) in [6.07, 6.45) is 0. The van der Waals surface area contributed by atoms with E-state index in [9.17, 15) is 19.3 Å². The number of halogens is 1. The van der Waals surface area contributed by atoms with Crippen molar-refractivity contribution >= 4 is 11.7 Å². The molecular formula is C8H6FNO5. The highest BCUT2D eigenvalue weighted by atomic mass is 19.1. The highest BCUT2D eigenvalue weighted by molar-refractivity contribution is 5.90. The Balaban J connectivity index is 3.35. The molecule has 0 saturated carbocycles. The SMILES string of the molecule is COC(=O)c1cc(F)c(O)c([N+](=O)[O-])c1. The van der Waals surface area contributed by atoms with E-state index in [0.717, 1.165) is 13.2 Å². The number of methoxy groups -OCH3 is 1. The van der Waals surface area contributed by atoms with E-state index in [1.165, 1.54) is 0 Å². The summed E-state index contributed by atoms with van der Waals surface area (Å²) >= 11 is 0. The van der Waals surface area contributed by atoms with Gasteiger partial charge in [0.2, 0.25) is 5.75 Å². The van der Waals surface area contributed by atoms with Crippen molar-refractivity contribution in [3.05, 3.63) is 33.6 Å². The molecule has 80 valence electrons. The molecule has 0 atom stereocenters. The molecular weight excluding hydrogens is 209 g/mol. The van der Waals surface area contributed by atoms with Gasteiger partial charge in [0.25, 0.3) is 0 Å². The fourth-order valence-corrected chi connectivity index (χ4v) is 0.959. The normalized spacial score (nSPS) is 9.73. The molecule has 0 radical (unpaired) electrons. The van der Waals surface area contributed by atoms with Crippen molar-refractivity contribution in [3.63, 3.8) is 0 Å². The summed E-state index contributed by atoms with van der Waals surface area (Å²) in [7, 11) is 1.05. The summed E-state index contributed by atoms with van der Waals surface area (Å²) < 4.78 is 17.2. The minimum atomic E-state index is -1.25. The molecule has 0 unspecified atom stereocenters. The van der Waals surface area contributed by atoms with Crippen LogP contribution in [0, 0.1) is 15.9 Å². The quantitative estimate of drug-likeness (QED) is 0.455. The number of rotatable bonds is 2. The predicted octanol–water partition coefficient (Wildman–Crippen LogP) is 1.23. The van der Waals surface area contributed by atoms with Crippen LogP contribution in [0.3, 0.4) is 0 Å². The van der Waals surface area contributed by atoms with E-state index < -0.39 is 28.1 Å². The van der Waals surface area contributed by atoms with E-state index in [2.05, 4.69) is 4.74 Å². The maximum absolute atomic E-state index is 12.9. The number of hydrogen-bond acceptors (Lipinski definition) is 5. The van der Waals surface area contributed by atoms with E-state index in [1.807, 2.05) is 0 Å². The third-order valence-corrected chi connectivity index (χ3v) is 1.66. The average Bonchev–Trinajstić information content (AvgIpc) is 2.20. The van der Waals surface area contributed by atoms with Gasteiger partial charge in [-0.1, -0.05) is 0 Å². The summed E-state index contributed by atoms with van der Waals surface area (Å²) in [5.74, 6) is -3.27. The monoisotopic (exact) mass is 215 g/mol. The number of nitro benzene ring substituents is 1. The Morgan fingerprint density at radius 2 is 2.20 bits per heavy atom.